The zero-order valence-corrected chi connectivity index (χ0v) is 13.4. The molecule has 120 valence electrons. The highest BCUT2D eigenvalue weighted by Gasteiger charge is 2.32. The molecule has 1 heterocycles. The second kappa shape index (κ2) is 8.35. The number of aliphatic hydroxyl groups is 2. The number of nitrogens with one attached hydrogen (secondary N) is 1. The Morgan fingerprint density at radius 2 is 2.24 bits per heavy atom. The molecule has 1 aromatic heterocycles. The summed E-state index contributed by atoms with van der Waals surface area (Å²) in [4.78, 5) is 11.8. The van der Waals surface area contributed by atoms with Gasteiger partial charge in [-0.2, -0.15) is 12.6 Å². The van der Waals surface area contributed by atoms with Crippen molar-refractivity contribution >= 4 is 18.5 Å². The van der Waals surface area contributed by atoms with Gasteiger partial charge in [-0.1, -0.05) is 19.1 Å². The molecule has 8 heteroatoms. The summed E-state index contributed by atoms with van der Waals surface area (Å²) in [6, 6.07) is 0. The number of hydrogen-bond acceptors (Lipinski definition) is 6. The number of hydrogen-bond donors (Lipinski definition) is 4. The molecule has 21 heavy (non-hydrogen) atoms. The molecule has 0 fully saturated rings. The van der Waals surface area contributed by atoms with Crippen LogP contribution in [0.25, 0.3) is 0 Å². The highest BCUT2D eigenvalue weighted by molar-refractivity contribution is 7.80. The fourth-order valence-electron chi connectivity index (χ4n) is 1.63. The molecule has 1 amide bonds. The summed E-state index contributed by atoms with van der Waals surface area (Å²) in [5.74, 6) is 0.314. The first kappa shape index (κ1) is 17.9. The smallest absolute Gasteiger partial charge is 0.249 e. The lowest BCUT2D eigenvalue weighted by atomic mass is 9.87. The molecule has 3 N–H and O–H groups in total. The van der Waals surface area contributed by atoms with Crippen LogP contribution in [0, 0.1) is 5.41 Å². The highest BCUT2D eigenvalue weighted by Crippen LogP contribution is 2.19. The summed E-state index contributed by atoms with van der Waals surface area (Å²) in [5.41, 5.74) is -0.252. The molecule has 0 spiro atoms. The Morgan fingerprint density at radius 1 is 1.52 bits per heavy atom. The second-order valence-electron chi connectivity index (χ2n) is 5.67. The van der Waals surface area contributed by atoms with Crippen LogP contribution in [-0.4, -0.2) is 49.6 Å². The zero-order chi connectivity index (χ0) is 15.9. The van der Waals surface area contributed by atoms with Gasteiger partial charge in [-0.05, 0) is 18.6 Å². The molecule has 0 aliphatic carbocycles. The Hall–Kier alpha value is -1.12. The number of aromatic nitrogens is 3. The van der Waals surface area contributed by atoms with E-state index >= 15 is 0 Å². The molecule has 1 rings (SSSR count). The van der Waals surface area contributed by atoms with Gasteiger partial charge in [-0.3, -0.25) is 9.48 Å². The van der Waals surface area contributed by atoms with Gasteiger partial charge < -0.3 is 15.5 Å². The zero-order valence-electron chi connectivity index (χ0n) is 12.5. The Morgan fingerprint density at radius 3 is 2.86 bits per heavy atom. The van der Waals surface area contributed by atoms with Gasteiger partial charge in [0.05, 0.1) is 19.3 Å². The van der Waals surface area contributed by atoms with Gasteiger partial charge in [0.25, 0.3) is 0 Å². The molecular formula is C13H24N4O3S. The summed E-state index contributed by atoms with van der Waals surface area (Å²) >= 11 is 4.14. The maximum absolute atomic E-state index is 11.8. The SMILES string of the molecule is CC(C)(CO)C(O)C(=O)NCc1cn(CCCCS)nn1. The summed E-state index contributed by atoms with van der Waals surface area (Å²) in [7, 11) is 0. The molecule has 1 aromatic rings. The molecular weight excluding hydrogens is 292 g/mol. The van der Waals surface area contributed by atoms with Gasteiger partial charge in [-0.25, -0.2) is 0 Å². The number of aliphatic hydroxyl groups excluding tert-OH is 2. The van der Waals surface area contributed by atoms with Crippen molar-refractivity contribution in [3.05, 3.63) is 11.9 Å². The van der Waals surface area contributed by atoms with E-state index in [1.54, 1.807) is 24.7 Å². The van der Waals surface area contributed by atoms with Crippen molar-refractivity contribution in [3.63, 3.8) is 0 Å². The largest absolute Gasteiger partial charge is 0.396 e. The molecule has 0 aromatic carbocycles. The van der Waals surface area contributed by atoms with Crippen molar-refractivity contribution in [2.24, 2.45) is 5.41 Å². The topological polar surface area (TPSA) is 100 Å². The van der Waals surface area contributed by atoms with Crippen LogP contribution in [0.15, 0.2) is 6.20 Å². The van der Waals surface area contributed by atoms with Gasteiger partial charge in [0, 0.05) is 12.0 Å². The molecule has 1 atom stereocenters. The number of carbonyl (C=O) groups is 1. The lowest BCUT2D eigenvalue weighted by Crippen LogP contribution is -2.45. The minimum Gasteiger partial charge on any atom is -0.396 e. The maximum Gasteiger partial charge on any atom is 0.249 e. The summed E-state index contributed by atoms with van der Waals surface area (Å²) < 4.78 is 1.72. The third-order valence-electron chi connectivity index (χ3n) is 3.22. The van der Waals surface area contributed by atoms with Crippen LogP contribution in [-0.2, 0) is 17.9 Å². The Balaban J connectivity index is 2.43. The maximum atomic E-state index is 11.8. The van der Waals surface area contributed by atoms with E-state index in [2.05, 4.69) is 28.3 Å². The summed E-state index contributed by atoms with van der Waals surface area (Å²) in [5, 5.41) is 29.5. The predicted molar refractivity (Wildman–Crippen MR) is 81.8 cm³/mol. The van der Waals surface area contributed by atoms with Crippen LogP contribution in [0.4, 0.5) is 0 Å². The minimum atomic E-state index is -1.27. The van der Waals surface area contributed by atoms with E-state index in [0.29, 0.717) is 5.69 Å². The van der Waals surface area contributed by atoms with Crippen LogP contribution in [0.1, 0.15) is 32.4 Å². The number of thiol groups is 1. The second-order valence-corrected chi connectivity index (χ2v) is 6.12. The quantitative estimate of drug-likeness (QED) is 0.379. The minimum absolute atomic E-state index is 0.198. The molecule has 7 nitrogen and oxygen atoms in total. The van der Waals surface area contributed by atoms with Gasteiger partial charge in [0.1, 0.15) is 11.8 Å². The number of aryl methyl sites for hydroxylation is 1. The summed E-state index contributed by atoms with van der Waals surface area (Å²) in [6.07, 6.45) is 2.48. The Labute approximate surface area is 130 Å². The number of carbonyl (C=O) groups excluding carboxylic acids is 1. The van der Waals surface area contributed by atoms with E-state index in [4.69, 9.17) is 5.11 Å². The van der Waals surface area contributed by atoms with Gasteiger partial charge in [-0.15, -0.1) is 5.10 Å². The van der Waals surface area contributed by atoms with Crippen molar-refractivity contribution in [2.45, 2.75) is 45.9 Å². The number of unbranched alkanes of at least 4 members (excludes halogenated alkanes) is 1. The van der Waals surface area contributed by atoms with Gasteiger partial charge in [0.15, 0.2) is 0 Å². The monoisotopic (exact) mass is 316 g/mol. The average molecular weight is 316 g/mol. The fourth-order valence-corrected chi connectivity index (χ4v) is 1.85. The first-order chi connectivity index (χ1) is 9.90. The first-order valence-corrected chi connectivity index (χ1v) is 7.60. The van der Waals surface area contributed by atoms with Crippen LogP contribution in [0.2, 0.25) is 0 Å². The molecule has 0 bridgehead atoms. The number of nitrogens with zero attached hydrogens (tertiary/aromatic N) is 3. The molecule has 0 aliphatic heterocycles. The fraction of sp³-hybridized carbons (Fsp3) is 0.769. The number of rotatable bonds is 9. The molecule has 0 radical (unpaired) electrons. The van der Waals surface area contributed by atoms with Gasteiger partial charge >= 0.3 is 0 Å². The van der Waals surface area contributed by atoms with E-state index in [1.165, 1.54) is 0 Å². The Bertz CT molecular complexity index is 450. The third kappa shape index (κ3) is 5.64. The van der Waals surface area contributed by atoms with Gasteiger partial charge in [0.2, 0.25) is 5.91 Å². The average Bonchev–Trinajstić information content (AvgIpc) is 2.92. The van der Waals surface area contributed by atoms with Crippen molar-refractivity contribution in [3.8, 4) is 0 Å². The van der Waals surface area contributed by atoms with Crippen LogP contribution in [0.3, 0.4) is 0 Å². The predicted octanol–water partition coefficient (Wildman–Crippen LogP) is -0.0163. The van der Waals surface area contributed by atoms with Crippen molar-refractivity contribution in [1.29, 1.82) is 0 Å². The van der Waals surface area contributed by atoms with Crippen molar-refractivity contribution in [2.75, 3.05) is 12.4 Å². The lowest BCUT2D eigenvalue weighted by Gasteiger charge is -2.26. The number of amides is 1. The van der Waals surface area contributed by atoms with Crippen LogP contribution in [0.5, 0.6) is 0 Å². The van der Waals surface area contributed by atoms with Crippen LogP contribution < -0.4 is 5.32 Å². The van der Waals surface area contributed by atoms with Crippen molar-refractivity contribution < 1.29 is 15.0 Å². The van der Waals surface area contributed by atoms with Crippen molar-refractivity contribution in [1.82, 2.24) is 20.3 Å². The summed E-state index contributed by atoms with van der Waals surface area (Å²) in [6.45, 7) is 3.93. The molecule has 1 unspecified atom stereocenters. The normalized spacial score (nSPS) is 13.2. The highest BCUT2D eigenvalue weighted by atomic mass is 32.1. The molecule has 0 saturated carbocycles. The van der Waals surface area contributed by atoms with E-state index < -0.39 is 17.4 Å². The lowest BCUT2D eigenvalue weighted by molar-refractivity contribution is -0.137. The molecule has 0 aliphatic rings. The van der Waals surface area contributed by atoms with E-state index in [9.17, 15) is 9.90 Å². The van der Waals surface area contributed by atoms with E-state index in [1.807, 2.05) is 0 Å². The molecule has 0 saturated heterocycles. The Kier molecular flexibility index (Phi) is 7.13. The van der Waals surface area contributed by atoms with E-state index in [0.717, 1.165) is 25.1 Å². The van der Waals surface area contributed by atoms with Crippen LogP contribution >= 0.6 is 12.6 Å². The first-order valence-electron chi connectivity index (χ1n) is 6.97. The van der Waals surface area contributed by atoms with E-state index in [-0.39, 0.29) is 13.2 Å². The standard InChI is InChI=1S/C13H24N4O3S/c1-13(2,9-18)11(19)12(20)14-7-10-8-17(16-15-10)5-3-4-6-21/h8,11,18-19,21H,3-7,9H2,1-2H3,(H,14,20). The third-order valence-corrected chi connectivity index (χ3v) is 3.54.